The summed E-state index contributed by atoms with van der Waals surface area (Å²) in [6.07, 6.45) is 1.36. The van der Waals surface area contributed by atoms with Crippen LogP contribution in [0, 0.1) is 0 Å². The third-order valence-electron chi connectivity index (χ3n) is 2.89. The molecule has 0 saturated heterocycles. The van der Waals surface area contributed by atoms with E-state index in [0.29, 0.717) is 6.54 Å². The first kappa shape index (κ1) is 15.5. The minimum Gasteiger partial charge on any atom is -0.497 e. The Balaban J connectivity index is 1.84. The van der Waals surface area contributed by atoms with Crippen molar-refractivity contribution in [2.75, 3.05) is 14.2 Å². The van der Waals surface area contributed by atoms with Gasteiger partial charge in [-0.25, -0.2) is 9.48 Å². The molecule has 8 heteroatoms. The number of hydrogen-bond donors (Lipinski definition) is 1. The maximum atomic E-state index is 11.8. The van der Waals surface area contributed by atoms with Crippen LogP contribution in [-0.2, 0) is 22.6 Å². The summed E-state index contributed by atoms with van der Waals surface area (Å²) in [6, 6.07) is 7.37. The number of amides is 1. The van der Waals surface area contributed by atoms with Gasteiger partial charge in [-0.2, -0.15) is 0 Å². The highest BCUT2D eigenvalue weighted by Gasteiger charge is 2.12. The molecule has 0 aliphatic rings. The van der Waals surface area contributed by atoms with Crippen LogP contribution in [0.5, 0.6) is 5.75 Å². The predicted octanol–water partition coefficient (Wildman–Crippen LogP) is 0.390. The molecular weight excluding hydrogens is 288 g/mol. The molecule has 0 saturated carbocycles. The van der Waals surface area contributed by atoms with E-state index in [1.54, 1.807) is 7.11 Å². The van der Waals surface area contributed by atoms with Crippen LogP contribution in [0.15, 0.2) is 30.5 Å². The largest absolute Gasteiger partial charge is 0.497 e. The first-order valence-corrected chi connectivity index (χ1v) is 6.50. The van der Waals surface area contributed by atoms with Crippen molar-refractivity contribution in [3.8, 4) is 5.75 Å². The van der Waals surface area contributed by atoms with E-state index >= 15 is 0 Å². The number of ether oxygens (including phenoxy) is 2. The summed E-state index contributed by atoms with van der Waals surface area (Å²) in [6.45, 7) is 0.363. The molecule has 0 atom stereocenters. The maximum absolute atomic E-state index is 11.8. The van der Waals surface area contributed by atoms with Crippen molar-refractivity contribution in [3.05, 3.63) is 41.7 Å². The summed E-state index contributed by atoms with van der Waals surface area (Å²) in [5.74, 6) is -0.0740. The lowest BCUT2D eigenvalue weighted by atomic mass is 10.2. The Morgan fingerprint density at radius 1 is 1.23 bits per heavy atom. The minimum atomic E-state index is -0.593. The van der Waals surface area contributed by atoms with E-state index in [2.05, 4.69) is 20.4 Å². The lowest BCUT2D eigenvalue weighted by Crippen LogP contribution is -2.27. The first-order chi connectivity index (χ1) is 10.6. The summed E-state index contributed by atoms with van der Waals surface area (Å²) in [7, 11) is 2.85. The zero-order valence-electron chi connectivity index (χ0n) is 12.3. The Labute approximate surface area is 127 Å². The van der Waals surface area contributed by atoms with Crippen molar-refractivity contribution in [3.63, 3.8) is 0 Å². The molecule has 1 N–H and O–H groups in total. The molecule has 0 spiro atoms. The second-order valence-electron chi connectivity index (χ2n) is 4.42. The van der Waals surface area contributed by atoms with Gasteiger partial charge in [-0.05, 0) is 17.7 Å². The fourth-order valence-electron chi connectivity index (χ4n) is 1.72. The van der Waals surface area contributed by atoms with Crippen LogP contribution in [0.4, 0.5) is 0 Å². The van der Waals surface area contributed by atoms with Gasteiger partial charge in [0.25, 0.3) is 0 Å². The fraction of sp³-hybridized carbons (Fsp3) is 0.286. The van der Waals surface area contributed by atoms with Gasteiger partial charge in [0.05, 0.1) is 20.4 Å². The molecular formula is C14H16N4O4. The topological polar surface area (TPSA) is 95.3 Å². The monoisotopic (exact) mass is 304 g/mol. The number of hydrogen-bond acceptors (Lipinski definition) is 6. The van der Waals surface area contributed by atoms with E-state index in [4.69, 9.17) is 4.74 Å². The van der Waals surface area contributed by atoms with Gasteiger partial charge in [0.1, 0.15) is 12.3 Å². The molecule has 0 radical (unpaired) electrons. The highest BCUT2D eigenvalue weighted by molar-refractivity contribution is 5.86. The quantitative estimate of drug-likeness (QED) is 0.776. The Morgan fingerprint density at radius 3 is 2.59 bits per heavy atom. The zero-order valence-corrected chi connectivity index (χ0v) is 12.3. The summed E-state index contributed by atoms with van der Waals surface area (Å²) in [4.78, 5) is 23.0. The Hall–Kier alpha value is -2.90. The normalized spacial score (nSPS) is 10.1. The standard InChI is InChI=1S/C14H16N4O4/c1-21-11-5-3-10(4-6-11)7-15-13(19)9-18-8-12(16-17-18)14(20)22-2/h3-6,8H,7,9H2,1-2H3,(H,15,19). The van der Waals surface area contributed by atoms with Gasteiger partial charge in [-0.15, -0.1) is 5.10 Å². The van der Waals surface area contributed by atoms with Gasteiger partial charge >= 0.3 is 5.97 Å². The Morgan fingerprint density at radius 2 is 1.95 bits per heavy atom. The molecule has 0 unspecified atom stereocenters. The molecule has 116 valence electrons. The van der Waals surface area contributed by atoms with Gasteiger partial charge in [0, 0.05) is 6.54 Å². The number of carbonyl (C=O) groups excluding carboxylic acids is 2. The van der Waals surface area contributed by atoms with E-state index in [-0.39, 0.29) is 18.1 Å². The van der Waals surface area contributed by atoms with Crippen molar-refractivity contribution in [2.24, 2.45) is 0 Å². The average Bonchev–Trinajstić information content (AvgIpc) is 3.01. The van der Waals surface area contributed by atoms with Gasteiger partial charge in [-0.3, -0.25) is 4.79 Å². The number of benzene rings is 1. The van der Waals surface area contributed by atoms with E-state index < -0.39 is 5.97 Å². The van der Waals surface area contributed by atoms with Crippen molar-refractivity contribution in [1.29, 1.82) is 0 Å². The van der Waals surface area contributed by atoms with E-state index in [1.807, 2.05) is 24.3 Å². The summed E-state index contributed by atoms with van der Waals surface area (Å²) >= 11 is 0. The van der Waals surface area contributed by atoms with Crippen LogP contribution in [0.2, 0.25) is 0 Å². The molecule has 1 aromatic heterocycles. The zero-order chi connectivity index (χ0) is 15.9. The highest BCUT2D eigenvalue weighted by Crippen LogP contribution is 2.10. The van der Waals surface area contributed by atoms with Crippen LogP contribution in [-0.4, -0.2) is 41.1 Å². The van der Waals surface area contributed by atoms with Crippen LogP contribution in [0.25, 0.3) is 0 Å². The number of aromatic nitrogens is 3. The summed E-state index contributed by atoms with van der Waals surface area (Å²) in [5.41, 5.74) is 1.01. The molecule has 1 amide bonds. The fourth-order valence-corrected chi connectivity index (χ4v) is 1.72. The SMILES string of the molecule is COC(=O)c1cn(CC(=O)NCc2ccc(OC)cc2)nn1. The molecule has 0 aliphatic carbocycles. The van der Waals surface area contributed by atoms with Gasteiger partial charge < -0.3 is 14.8 Å². The molecule has 0 fully saturated rings. The third-order valence-corrected chi connectivity index (χ3v) is 2.89. The number of esters is 1. The van der Waals surface area contributed by atoms with Crippen molar-refractivity contribution < 1.29 is 19.1 Å². The third kappa shape index (κ3) is 4.05. The van der Waals surface area contributed by atoms with Crippen molar-refractivity contribution in [2.45, 2.75) is 13.1 Å². The van der Waals surface area contributed by atoms with Crippen LogP contribution < -0.4 is 10.1 Å². The van der Waals surface area contributed by atoms with Gasteiger partial charge in [-0.1, -0.05) is 17.3 Å². The molecule has 0 bridgehead atoms. The number of nitrogens with one attached hydrogen (secondary N) is 1. The maximum Gasteiger partial charge on any atom is 0.360 e. The van der Waals surface area contributed by atoms with Crippen molar-refractivity contribution in [1.82, 2.24) is 20.3 Å². The lowest BCUT2D eigenvalue weighted by molar-refractivity contribution is -0.122. The second-order valence-corrected chi connectivity index (χ2v) is 4.42. The number of nitrogens with zero attached hydrogens (tertiary/aromatic N) is 3. The van der Waals surface area contributed by atoms with E-state index in [1.165, 1.54) is 18.0 Å². The average molecular weight is 304 g/mol. The van der Waals surface area contributed by atoms with Crippen LogP contribution in [0.1, 0.15) is 16.1 Å². The summed E-state index contributed by atoms with van der Waals surface area (Å²) < 4.78 is 10.8. The van der Waals surface area contributed by atoms with E-state index in [9.17, 15) is 9.59 Å². The lowest BCUT2D eigenvalue weighted by Gasteiger charge is -2.06. The number of rotatable bonds is 6. The Kier molecular flexibility index (Phi) is 5.07. The van der Waals surface area contributed by atoms with Gasteiger partial charge in [0.15, 0.2) is 5.69 Å². The van der Waals surface area contributed by atoms with Crippen LogP contribution >= 0.6 is 0 Å². The smallest absolute Gasteiger partial charge is 0.360 e. The highest BCUT2D eigenvalue weighted by atomic mass is 16.5. The predicted molar refractivity (Wildman–Crippen MR) is 76.2 cm³/mol. The Bertz CT molecular complexity index is 651. The van der Waals surface area contributed by atoms with Crippen LogP contribution in [0.3, 0.4) is 0 Å². The summed E-state index contributed by atoms with van der Waals surface area (Å²) in [5, 5.41) is 10.1. The first-order valence-electron chi connectivity index (χ1n) is 6.50. The molecule has 22 heavy (non-hydrogen) atoms. The van der Waals surface area contributed by atoms with Crippen molar-refractivity contribution >= 4 is 11.9 Å². The van der Waals surface area contributed by atoms with Gasteiger partial charge in [0.2, 0.25) is 5.91 Å². The minimum absolute atomic E-state index is 0.0276. The number of methoxy groups -OCH3 is 2. The molecule has 1 aromatic carbocycles. The molecule has 8 nitrogen and oxygen atoms in total. The second kappa shape index (κ2) is 7.21. The molecule has 2 rings (SSSR count). The molecule has 0 aliphatic heterocycles. The molecule has 2 aromatic rings. The number of carbonyl (C=O) groups is 2. The van der Waals surface area contributed by atoms with E-state index in [0.717, 1.165) is 11.3 Å². The molecule has 1 heterocycles.